The molecule has 0 bridgehead atoms. The molecule has 0 aromatic heterocycles. The van der Waals surface area contributed by atoms with Gasteiger partial charge in [0.05, 0.1) is 0 Å². The summed E-state index contributed by atoms with van der Waals surface area (Å²) in [5, 5.41) is 0. The standard InChI is InChI=1S/C24H51N7P2/c1-3-26(4-2)32(27-15-5-6-16-27,28-17-7-8-18-28)25-33(29-19-9-10-20-29,30-21-11-12-22-30)31-23-13-14-24-31/h32H,3-24H2,1-2H3. The van der Waals surface area contributed by atoms with Crippen LogP contribution in [0, 0.1) is 0 Å². The molecule has 0 saturated carbocycles. The number of hydrogen-bond donors (Lipinski definition) is 0. The number of rotatable bonds is 9. The second-order valence-corrected chi connectivity index (χ2v) is 17.4. The summed E-state index contributed by atoms with van der Waals surface area (Å²) in [7, 11) is -4.23. The van der Waals surface area contributed by atoms with E-state index in [0.717, 1.165) is 13.1 Å². The fourth-order valence-corrected chi connectivity index (χ4v) is 19.2. The summed E-state index contributed by atoms with van der Waals surface area (Å²) >= 11 is 0. The molecule has 5 fully saturated rings. The van der Waals surface area contributed by atoms with Gasteiger partial charge in [-0.25, -0.2) is 0 Å². The molecule has 7 nitrogen and oxygen atoms in total. The van der Waals surface area contributed by atoms with Crippen molar-refractivity contribution in [1.29, 1.82) is 0 Å². The number of nitrogens with zero attached hydrogens (tertiary/aromatic N) is 7. The first-order chi connectivity index (χ1) is 16.3. The summed E-state index contributed by atoms with van der Waals surface area (Å²) < 4.78 is 24.3. The Kier molecular flexibility index (Phi) is 8.53. The maximum atomic E-state index is 6.60. The van der Waals surface area contributed by atoms with Crippen LogP contribution < -0.4 is 0 Å². The van der Waals surface area contributed by atoms with Crippen LogP contribution in [0.15, 0.2) is 4.52 Å². The van der Waals surface area contributed by atoms with Crippen molar-refractivity contribution < 1.29 is 0 Å². The second-order valence-electron chi connectivity index (χ2n) is 10.8. The number of hydrogen-bond acceptors (Lipinski definition) is 4. The topological polar surface area (TPSA) is 31.8 Å². The van der Waals surface area contributed by atoms with Gasteiger partial charge in [-0.3, -0.25) is 0 Å². The van der Waals surface area contributed by atoms with Gasteiger partial charge in [-0.1, -0.05) is 0 Å². The predicted octanol–water partition coefficient (Wildman–Crippen LogP) is 5.16. The van der Waals surface area contributed by atoms with Crippen molar-refractivity contribution >= 4 is 15.4 Å². The zero-order valence-corrected chi connectivity index (χ0v) is 23.5. The average Bonchev–Trinajstić information content (AvgIpc) is 3.68. The zero-order chi connectivity index (χ0) is 22.7. The molecular weight excluding hydrogens is 448 g/mol. The Morgan fingerprint density at radius 2 is 0.848 bits per heavy atom. The predicted molar refractivity (Wildman–Crippen MR) is 145 cm³/mol. The van der Waals surface area contributed by atoms with Crippen LogP contribution in [-0.2, 0) is 0 Å². The van der Waals surface area contributed by atoms with Gasteiger partial charge in [-0.05, 0) is 0 Å². The fraction of sp³-hybridized carbons (Fsp3) is 1.00. The minimum absolute atomic E-state index is 1.14. The minimum atomic E-state index is -2.35. The van der Waals surface area contributed by atoms with Crippen molar-refractivity contribution in [3.63, 3.8) is 0 Å². The molecule has 5 rings (SSSR count). The van der Waals surface area contributed by atoms with Gasteiger partial charge < -0.3 is 0 Å². The van der Waals surface area contributed by atoms with Gasteiger partial charge in [0.2, 0.25) is 0 Å². The molecule has 33 heavy (non-hydrogen) atoms. The van der Waals surface area contributed by atoms with Crippen LogP contribution in [0.3, 0.4) is 0 Å². The molecule has 9 heteroatoms. The Hall–Kier alpha value is 0.420. The van der Waals surface area contributed by atoms with E-state index >= 15 is 0 Å². The normalized spacial score (nSPS) is 28.1. The van der Waals surface area contributed by atoms with Crippen LogP contribution in [0.25, 0.3) is 0 Å². The van der Waals surface area contributed by atoms with E-state index in [0.29, 0.717) is 0 Å². The van der Waals surface area contributed by atoms with Gasteiger partial charge in [-0.2, -0.15) is 0 Å². The molecule has 5 saturated heterocycles. The van der Waals surface area contributed by atoms with Crippen LogP contribution in [0.5, 0.6) is 0 Å². The molecule has 5 heterocycles. The Balaban J connectivity index is 1.74. The molecular formula is C24H51N7P2. The molecule has 0 unspecified atom stereocenters. The Morgan fingerprint density at radius 3 is 1.15 bits per heavy atom. The summed E-state index contributed by atoms with van der Waals surface area (Å²) in [5.74, 6) is 0. The van der Waals surface area contributed by atoms with E-state index in [1.165, 1.54) is 130 Å². The van der Waals surface area contributed by atoms with Crippen LogP contribution in [0.4, 0.5) is 0 Å². The van der Waals surface area contributed by atoms with Gasteiger partial charge in [0.25, 0.3) is 0 Å². The van der Waals surface area contributed by atoms with Crippen molar-refractivity contribution in [2.24, 2.45) is 4.52 Å². The van der Waals surface area contributed by atoms with Crippen LogP contribution in [-0.4, -0.2) is 107 Å². The first-order valence-corrected chi connectivity index (χ1v) is 17.8. The third kappa shape index (κ3) is 4.53. The van der Waals surface area contributed by atoms with E-state index in [1.54, 1.807) is 0 Å². The SMILES string of the molecule is CCN(CC)[PH](N=P(N1CCCC1)(N1CCCC1)N1CCCC1)(N1CCCC1)N1CCCC1. The molecule has 0 aromatic carbocycles. The van der Waals surface area contributed by atoms with E-state index in [1.807, 2.05) is 0 Å². The third-order valence-electron chi connectivity index (χ3n) is 8.90. The first-order valence-electron chi connectivity index (χ1n) is 14.4. The van der Waals surface area contributed by atoms with Crippen molar-refractivity contribution in [2.75, 3.05) is 78.5 Å². The molecule has 0 aromatic rings. The van der Waals surface area contributed by atoms with Gasteiger partial charge in [-0.15, -0.1) is 0 Å². The van der Waals surface area contributed by atoms with Crippen LogP contribution in [0.2, 0.25) is 0 Å². The average molecular weight is 500 g/mol. The summed E-state index contributed by atoms with van der Waals surface area (Å²) in [6.07, 6.45) is 13.7. The van der Waals surface area contributed by atoms with E-state index in [9.17, 15) is 0 Å². The van der Waals surface area contributed by atoms with Gasteiger partial charge >= 0.3 is 205 Å². The van der Waals surface area contributed by atoms with E-state index < -0.39 is 15.4 Å². The Labute approximate surface area is 204 Å². The van der Waals surface area contributed by atoms with Crippen molar-refractivity contribution in [3.05, 3.63) is 0 Å². The summed E-state index contributed by atoms with van der Waals surface area (Å²) in [6.45, 7) is 19.8. The van der Waals surface area contributed by atoms with Gasteiger partial charge in [0.1, 0.15) is 0 Å². The first kappa shape index (κ1) is 25.1. The van der Waals surface area contributed by atoms with Crippen LogP contribution >= 0.6 is 15.4 Å². The molecule has 0 amide bonds. The van der Waals surface area contributed by atoms with Gasteiger partial charge in [0, 0.05) is 0 Å². The van der Waals surface area contributed by atoms with E-state index in [2.05, 4.69) is 41.9 Å². The van der Waals surface area contributed by atoms with Crippen molar-refractivity contribution in [3.8, 4) is 0 Å². The van der Waals surface area contributed by atoms with E-state index in [4.69, 9.17) is 4.52 Å². The quantitative estimate of drug-likeness (QED) is 0.407. The zero-order valence-electron chi connectivity index (χ0n) is 21.6. The summed E-state index contributed by atoms with van der Waals surface area (Å²) in [4.78, 5) is 0. The van der Waals surface area contributed by atoms with E-state index in [-0.39, 0.29) is 0 Å². The molecule has 192 valence electrons. The summed E-state index contributed by atoms with van der Waals surface area (Å²) in [5.41, 5.74) is 0. The summed E-state index contributed by atoms with van der Waals surface area (Å²) in [6, 6.07) is 0. The van der Waals surface area contributed by atoms with Crippen molar-refractivity contribution in [2.45, 2.75) is 78.1 Å². The monoisotopic (exact) mass is 499 g/mol. The molecule has 0 atom stereocenters. The third-order valence-corrected chi connectivity index (χ3v) is 18.6. The Bertz CT molecular complexity index is 601. The molecule has 0 N–H and O–H groups in total. The molecule has 5 aliphatic rings. The molecule has 5 aliphatic heterocycles. The van der Waals surface area contributed by atoms with Crippen LogP contribution in [0.1, 0.15) is 78.1 Å². The molecule has 0 radical (unpaired) electrons. The molecule has 0 aliphatic carbocycles. The van der Waals surface area contributed by atoms with Gasteiger partial charge in [0.15, 0.2) is 0 Å². The fourth-order valence-electron chi connectivity index (χ4n) is 7.28. The molecule has 0 spiro atoms. The maximum absolute atomic E-state index is 6.60. The van der Waals surface area contributed by atoms with Crippen molar-refractivity contribution in [1.82, 2.24) is 28.0 Å². The second kappa shape index (κ2) is 11.2. The Morgan fingerprint density at radius 1 is 0.545 bits per heavy atom.